The molecule has 1 amide bonds. The Bertz CT molecular complexity index is 856. The van der Waals surface area contributed by atoms with E-state index in [4.69, 9.17) is 9.47 Å². The maximum atomic E-state index is 11.9. The average Bonchev–Trinajstić information content (AvgIpc) is 2.65. The predicted octanol–water partition coefficient (Wildman–Crippen LogP) is 3.51. The molecule has 26 heavy (non-hydrogen) atoms. The molecule has 1 aromatic carbocycles. The molecule has 0 atom stereocenters. The molecule has 2 heterocycles. The highest BCUT2D eigenvalue weighted by Crippen LogP contribution is 2.32. The lowest BCUT2D eigenvalue weighted by atomic mass is 10.1. The van der Waals surface area contributed by atoms with Gasteiger partial charge in [0.1, 0.15) is 11.5 Å². The average molecular weight is 349 g/mol. The molecule has 132 valence electrons. The van der Waals surface area contributed by atoms with E-state index in [1.165, 1.54) is 6.21 Å². The van der Waals surface area contributed by atoms with Crippen LogP contribution in [0.3, 0.4) is 0 Å². The molecule has 2 aromatic rings. The third-order valence-corrected chi connectivity index (χ3v) is 3.47. The van der Waals surface area contributed by atoms with Crippen LogP contribution in [-0.2, 0) is 9.47 Å². The summed E-state index contributed by atoms with van der Waals surface area (Å²) in [5.74, 6) is 0.181. The number of ether oxygens (including phenoxy) is 2. The number of allylic oxidation sites excluding steroid dienone is 2. The van der Waals surface area contributed by atoms with Crippen molar-refractivity contribution in [2.45, 2.75) is 19.6 Å². The maximum Gasteiger partial charge on any atom is 0.271 e. The summed E-state index contributed by atoms with van der Waals surface area (Å²) in [5, 5.41) is 3.92. The lowest BCUT2D eigenvalue weighted by molar-refractivity contribution is -0.149. The Balaban J connectivity index is 1.71. The van der Waals surface area contributed by atoms with Crippen molar-refractivity contribution in [2.24, 2.45) is 5.10 Å². The SMILES string of the molecule is CC1(C)OC(c2ccccc2)=C/C(=C\C=NNC(=O)c2ccncc2)O1. The predicted molar refractivity (Wildman–Crippen MR) is 98.9 cm³/mol. The van der Waals surface area contributed by atoms with Gasteiger partial charge in [0.15, 0.2) is 0 Å². The van der Waals surface area contributed by atoms with Crippen LogP contribution in [0.15, 0.2) is 77.9 Å². The highest BCUT2D eigenvalue weighted by Gasteiger charge is 2.28. The molecular weight excluding hydrogens is 330 g/mol. The molecule has 0 aliphatic carbocycles. The third-order valence-electron chi connectivity index (χ3n) is 3.47. The summed E-state index contributed by atoms with van der Waals surface area (Å²) in [6.07, 6.45) is 8.02. The van der Waals surface area contributed by atoms with Crippen LogP contribution in [-0.4, -0.2) is 22.9 Å². The van der Waals surface area contributed by atoms with E-state index in [2.05, 4.69) is 15.5 Å². The van der Waals surface area contributed by atoms with Crippen molar-refractivity contribution in [3.05, 3.63) is 83.9 Å². The molecule has 0 unspecified atom stereocenters. The molecule has 0 fully saturated rings. The van der Waals surface area contributed by atoms with Gasteiger partial charge in [-0.25, -0.2) is 5.43 Å². The van der Waals surface area contributed by atoms with E-state index in [0.29, 0.717) is 17.1 Å². The second-order valence-electron chi connectivity index (χ2n) is 6.00. The Morgan fingerprint density at radius 3 is 2.58 bits per heavy atom. The first-order valence-corrected chi connectivity index (χ1v) is 8.12. The normalized spacial score (nSPS) is 17.3. The van der Waals surface area contributed by atoms with E-state index in [9.17, 15) is 4.79 Å². The van der Waals surface area contributed by atoms with E-state index in [0.717, 1.165) is 5.56 Å². The summed E-state index contributed by atoms with van der Waals surface area (Å²) in [6, 6.07) is 13.0. The van der Waals surface area contributed by atoms with Crippen LogP contribution in [0, 0.1) is 0 Å². The van der Waals surface area contributed by atoms with Crippen molar-refractivity contribution in [3.63, 3.8) is 0 Å². The van der Waals surface area contributed by atoms with Crippen LogP contribution in [0.4, 0.5) is 0 Å². The summed E-state index contributed by atoms with van der Waals surface area (Å²) in [7, 11) is 0. The monoisotopic (exact) mass is 349 g/mol. The molecule has 0 bridgehead atoms. The number of nitrogens with one attached hydrogen (secondary N) is 1. The fraction of sp³-hybridized carbons (Fsp3) is 0.150. The number of hydrazone groups is 1. The number of benzene rings is 1. The summed E-state index contributed by atoms with van der Waals surface area (Å²) in [4.78, 5) is 15.8. The molecule has 3 rings (SSSR count). The Kier molecular flexibility index (Phi) is 5.12. The summed E-state index contributed by atoms with van der Waals surface area (Å²) < 4.78 is 11.6. The van der Waals surface area contributed by atoms with Gasteiger partial charge in [-0.15, -0.1) is 0 Å². The zero-order chi connectivity index (χ0) is 18.4. The van der Waals surface area contributed by atoms with Gasteiger partial charge >= 0.3 is 0 Å². The minimum atomic E-state index is -0.806. The van der Waals surface area contributed by atoms with Gasteiger partial charge in [0, 0.05) is 49.5 Å². The number of carbonyl (C=O) groups is 1. The zero-order valence-corrected chi connectivity index (χ0v) is 14.5. The number of carbonyl (C=O) groups excluding carboxylic acids is 1. The fourth-order valence-electron chi connectivity index (χ4n) is 2.36. The first kappa shape index (κ1) is 17.4. The van der Waals surface area contributed by atoms with Crippen LogP contribution >= 0.6 is 0 Å². The lowest BCUT2D eigenvalue weighted by Crippen LogP contribution is -2.30. The molecule has 6 nitrogen and oxygen atoms in total. The van der Waals surface area contributed by atoms with E-state index >= 15 is 0 Å². The van der Waals surface area contributed by atoms with Gasteiger partial charge in [-0.05, 0) is 12.1 Å². The standard InChI is InChI=1S/C20H19N3O3/c1-20(2)25-17(14-18(26-20)15-6-4-3-5-7-15)10-13-22-23-19(24)16-8-11-21-12-9-16/h3-14H,1-2H3,(H,23,24)/b17-10+,22-13?. The highest BCUT2D eigenvalue weighted by atomic mass is 16.7. The van der Waals surface area contributed by atoms with Gasteiger partial charge in [0.05, 0.1) is 6.21 Å². The number of hydrogen-bond acceptors (Lipinski definition) is 5. The molecular formula is C20H19N3O3. The van der Waals surface area contributed by atoms with Gasteiger partial charge in [-0.1, -0.05) is 30.3 Å². The molecule has 1 N–H and O–H groups in total. The zero-order valence-electron chi connectivity index (χ0n) is 14.5. The van der Waals surface area contributed by atoms with E-state index in [1.54, 1.807) is 36.7 Å². The van der Waals surface area contributed by atoms with Gasteiger partial charge in [0.25, 0.3) is 5.91 Å². The van der Waals surface area contributed by atoms with Crippen molar-refractivity contribution >= 4 is 17.9 Å². The molecule has 1 aromatic heterocycles. The van der Waals surface area contributed by atoms with Crippen molar-refractivity contribution < 1.29 is 14.3 Å². The summed E-state index contributed by atoms with van der Waals surface area (Å²) in [5.41, 5.74) is 3.89. The molecule has 1 aliphatic heterocycles. The molecule has 0 spiro atoms. The van der Waals surface area contributed by atoms with Crippen molar-refractivity contribution in [2.75, 3.05) is 0 Å². The molecule has 0 saturated heterocycles. The summed E-state index contributed by atoms with van der Waals surface area (Å²) >= 11 is 0. The van der Waals surface area contributed by atoms with Crippen LogP contribution < -0.4 is 5.43 Å². The minimum absolute atomic E-state index is 0.309. The second kappa shape index (κ2) is 7.65. The maximum absolute atomic E-state index is 11.9. The second-order valence-corrected chi connectivity index (χ2v) is 6.00. The number of pyridine rings is 1. The Hall–Kier alpha value is -3.41. The van der Waals surface area contributed by atoms with Crippen molar-refractivity contribution in [3.8, 4) is 0 Å². The number of amides is 1. The van der Waals surface area contributed by atoms with E-state index < -0.39 is 5.79 Å². The molecule has 1 aliphatic rings. The summed E-state index contributed by atoms with van der Waals surface area (Å²) in [6.45, 7) is 3.66. The van der Waals surface area contributed by atoms with Gasteiger partial charge < -0.3 is 9.47 Å². The molecule has 0 radical (unpaired) electrons. The number of nitrogens with zero attached hydrogens (tertiary/aromatic N) is 2. The van der Waals surface area contributed by atoms with Crippen LogP contribution in [0.5, 0.6) is 0 Å². The third kappa shape index (κ3) is 4.57. The van der Waals surface area contributed by atoms with Crippen molar-refractivity contribution in [1.29, 1.82) is 0 Å². The first-order valence-electron chi connectivity index (χ1n) is 8.12. The fourth-order valence-corrected chi connectivity index (χ4v) is 2.36. The number of hydrogen-bond donors (Lipinski definition) is 1. The Morgan fingerprint density at radius 1 is 1.12 bits per heavy atom. The topological polar surface area (TPSA) is 72.8 Å². The smallest absolute Gasteiger partial charge is 0.271 e. The first-order chi connectivity index (χ1) is 12.5. The minimum Gasteiger partial charge on any atom is -0.453 e. The Labute approximate surface area is 151 Å². The van der Waals surface area contributed by atoms with E-state index in [-0.39, 0.29) is 5.91 Å². The van der Waals surface area contributed by atoms with Crippen LogP contribution in [0.1, 0.15) is 29.8 Å². The lowest BCUT2D eigenvalue weighted by Gasteiger charge is -2.33. The van der Waals surface area contributed by atoms with Gasteiger partial charge in [-0.2, -0.15) is 5.10 Å². The molecule has 6 heteroatoms. The van der Waals surface area contributed by atoms with Crippen LogP contribution in [0.2, 0.25) is 0 Å². The number of aromatic nitrogens is 1. The number of rotatable bonds is 4. The van der Waals surface area contributed by atoms with Gasteiger partial charge in [-0.3, -0.25) is 9.78 Å². The Morgan fingerprint density at radius 2 is 1.85 bits per heavy atom. The van der Waals surface area contributed by atoms with Crippen molar-refractivity contribution in [1.82, 2.24) is 10.4 Å². The van der Waals surface area contributed by atoms with Crippen LogP contribution in [0.25, 0.3) is 5.76 Å². The largest absolute Gasteiger partial charge is 0.453 e. The highest BCUT2D eigenvalue weighted by molar-refractivity contribution is 5.94. The van der Waals surface area contributed by atoms with Gasteiger partial charge in [0.2, 0.25) is 5.79 Å². The molecule has 0 saturated carbocycles. The quantitative estimate of drug-likeness (QED) is 0.677. The van der Waals surface area contributed by atoms with E-state index in [1.807, 2.05) is 44.2 Å².